The predicted octanol–water partition coefficient (Wildman–Crippen LogP) is 2.24. The van der Waals surface area contributed by atoms with Crippen LogP contribution in [0.1, 0.15) is 31.2 Å². The van der Waals surface area contributed by atoms with E-state index in [9.17, 15) is 9.90 Å². The van der Waals surface area contributed by atoms with Crippen molar-refractivity contribution in [3.63, 3.8) is 0 Å². The molecule has 2 aromatic rings. The zero-order chi connectivity index (χ0) is 15.3. The Morgan fingerprint density at radius 3 is 2.91 bits per heavy atom. The second-order valence-electron chi connectivity index (χ2n) is 6.81. The summed E-state index contributed by atoms with van der Waals surface area (Å²) in [6.45, 7) is 0.788. The molecule has 2 aliphatic rings. The number of fused-ring (bicyclic) bond motifs is 1. The number of aliphatic hydroxyl groups is 1. The highest BCUT2D eigenvalue weighted by Gasteiger charge is 2.52. The smallest absolute Gasteiger partial charge is 0.227 e. The average Bonchev–Trinajstić information content (AvgIpc) is 2.97. The highest BCUT2D eigenvalue weighted by atomic mass is 16.3. The lowest BCUT2D eigenvalue weighted by atomic mass is 10.1. The normalized spacial score (nSPS) is 23.2. The number of para-hydroxylation sites is 1. The van der Waals surface area contributed by atoms with Crippen molar-refractivity contribution in [3.05, 3.63) is 36.0 Å². The first-order valence-electron chi connectivity index (χ1n) is 8.13. The van der Waals surface area contributed by atoms with Crippen LogP contribution >= 0.6 is 0 Å². The van der Waals surface area contributed by atoms with Gasteiger partial charge in [0.15, 0.2) is 0 Å². The molecule has 4 heteroatoms. The van der Waals surface area contributed by atoms with Gasteiger partial charge in [0.25, 0.3) is 0 Å². The maximum absolute atomic E-state index is 12.8. The maximum atomic E-state index is 12.8. The van der Waals surface area contributed by atoms with Crippen molar-refractivity contribution in [2.45, 2.75) is 43.7 Å². The lowest BCUT2D eigenvalue weighted by Crippen LogP contribution is -2.44. The molecule has 4 rings (SSSR count). The number of carbonyl (C=O) groups is 1. The van der Waals surface area contributed by atoms with Crippen molar-refractivity contribution in [2.24, 2.45) is 7.05 Å². The number of benzene rings is 1. The third-order valence-electron chi connectivity index (χ3n) is 5.28. The largest absolute Gasteiger partial charge is 0.388 e. The highest BCUT2D eigenvalue weighted by molar-refractivity contribution is 5.89. The first-order chi connectivity index (χ1) is 10.6. The van der Waals surface area contributed by atoms with Crippen molar-refractivity contribution in [1.29, 1.82) is 0 Å². The van der Waals surface area contributed by atoms with Crippen LogP contribution in [0.4, 0.5) is 0 Å². The summed E-state index contributed by atoms with van der Waals surface area (Å²) in [6.07, 6.45) is 6.12. The van der Waals surface area contributed by atoms with Crippen molar-refractivity contribution in [2.75, 3.05) is 6.54 Å². The molecule has 1 saturated heterocycles. The Labute approximate surface area is 130 Å². The van der Waals surface area contributed by atoms with E-state index >= 15 is 0 Å². The first kappa shape index (κ1) is 13.8. The van der Waals surface area contributed by atoms with E-state index in [1.54, 1.807) is 0 Å². The van der Waals surface area contributed by atoms with Crippen molar-refractivity contribution in [3.8, 4) is 0 Å². The summed E-state index contributed by atoms with van der Waals surface area (Å²) in [7, 11) is 2.02. The molecule has 1 aliphatic carbocycles. The summed E-state index contributed by atoms with van der Waals surface area (Å²) < 4.78 is 2.08. The molecule has 4 nitrogen and oxygen atoms in total. The molecular formula is C18H22N2O2. The van der Waals surface area contributed by atoms with Gasteiger partial charge in [0, 0.05) is 30.7 Å². The predicted molar refractivity (Wildman–Crippen MR) is 85.5 cm³/mol. The zero-order valence-electron chi connectivity index (χ0n) is 13.0. The fourth-order valence-corrected chi connectivity index (χ4v) is 3.92. The minimum Gasteiger partial charge on any atom is -0.388 e. The summed E-state index contributed by atoms with van der Waals surface area (Å²) in [6, 6.07) is 8.23. The molecule has 1 saturated carbocycles. The Kier molecular flexibility index (Phi) is 3.05. The second-order valence-corrected chi connectivity index (χ2v) is 6.81. The van der Waals surface area contributed by atoms with Gasteiger partial charge < -0.3 is 14.6 Å². The number of hydrogen-bond acceptors (Lipinski definition) is 2. The number of aryl methyl sites for hydroxylation is 1. The molecule has 0 spiro atoms. The highest BCUT2D eigenvalue weighted by Crippen LogP contribution is 2.44. The molecule has 1 aliphatic heterocycles. The number of aromatic nitrogens is 1. The number of likely N-dealkylation sites (tertiary alicyclic amines) is 1. The molecule has 1 N–H and O–H groups in total. The van der Waals surface area contributed by atoms with Gasteiger partial charge in [-0.05, 0) is 37.3 Å². The Morgan fingerprint density at radius 1 is 1.36 bits per heavy atom. The van der Waals surface area contributed by atoms with Crippen LogP contribution < -0.4 is 0 Å². The summed E-state index contributed by atoms with van der Waals surface area (Å²) in [5, 5.41) is 11.5. The number of rotatable bonds is 3. The lowest BCUT2D eigenvalue weighted by Gasteiger charge is -2.28. The van der Waals surface area contributed by atoms with E-state index in [0.717, 1.165) is 48.7 Å². The molecule has 1 aromatic carbocycles. The SMILES string of the molecule is Cn1cc(CC(=O)N2CCCC2C2(O)CC2)c2ccccc21. The quantitative estimate of drug-likeness (QED) is 0.944. The summed E-state index contributed by atoms with van der Waals surface area (Å²) in [5.74, 6) is 0.152. The molecule has 22 heavy (non-hydrogen) atoms. The van der Waals surface area contributed by atoms with Crippen LogP contribution in [0, 0.1) is 0 Å². The maximum Gasteiger partial charge on any atom is 0.227 e. The van der Waals surface area contributed by atoms with Crippen molar-refractivity contribution in [1.82, 2.24) is 9.47 Å². The number of carbonyl (C=O) groups excluding carboxylic acids is 1. The van der Waals surface area contributed by atoms with Gasteiger partial charge in [0.05, 0.1) is 18.1 Å². The topological polar surface area (TPSA) is 45.5 Å². The van der Waals surface area contributed by atoms with Crippen molar-refractivity contribution >= 4 is 16.8 Å². The summed E-state index contributed by atoms with van der Waals surface area (Å²) in [5.41, 5.74) is 1.64. The Balaban J connectivity index is 1.58. The molecule has 0 radical (unpaired) electrons. The summed E-state index contributed by atoms with van der Waals surface area (Å²) >= 11 is 0. The van der Waals surface area contributed by atoms with E-state index < -0.39 is 5.60 Å². The number of hydrogen-bond donors (Lipinski definition) is 1. The first-order valence-corrected chi connectivity index (χ1v) is 8.13. The summed E-state index contributed by atoms with van der Waals surface area (Å²) in [4.78, 5) is 14.7. The van der Waals surface area contributed by atoms with Gasteiger partial charge in [-0.3, -0.25) is 4.79 Å². The average molecular weight is 298 g/mol. The van der Waals surface area contributed by atoms with E-state index in [0.29, 0.717) is 6.42 Å². The molecule has 1 atom stereocenters. The molecule has 2 heterocycles. The molecular weight excluding hydrogens is 276 g/mol. The second kappa shape index (κ2) is 4.85. The van der Waals surface area contributed by atoms with E-state index in [-0.39, 0.29) is 11.9 Å². The van der Waals surface area contributed by atoms with Gasteiger partial charge in [0.2, 0.25) is 5.91 Å². The Morgan fingerprint density at radius 2 is 2.14 bits per heavy atom. The molecule has 0 bridgehead atoms. The van der Waals surface area contributed by atoms with Gasteiger partial charge in [0.1, 0.15) is 0 Å². The minimum absolute atomic E-state index is 0.0370. The van der Waals surface area contributed by atoms with Crippen LogP contribution in [0.15, 0.2) is 30.5 Å². The van der Waals surface area contributed by atoms with Crippen LogP contribution in [-0.2, 0) is 18.3 Å². The van der Waals surface area contributed by atoms with E-state index in [1.807, 2.05) is 24.1 Å². The molecule has 2 fully saturated rings. The van der Waals surface area contributed by atoms with E-state index in [2.05, 4.69) is 22.9 Å². The zero-order valence-corrected chi connectivity index (χ0v) is 13.0. The Hall–Kier alpha value is -1.81. The molecule has 116 valence electrons. The van der Waals surface area contributed by atoms with Crippen LogP contribution in [0.25, 0.3) is 10.9 Å². The van der Waals surface area contributed by atoms with Gasteiger partial charge in [-0.1, -0.05) is 18.2 Å². The fraction of sp³-hybridized carbons (Fsp3) is 0.500. The molecule has 1 aromatic heterocycles. The third-order valence-corrected chi connectivity index (χ3v) is 5.28. The van der Waals surface area contributed by atoms with Crippen molar-refractivity contribution < 1.29 is 9.90 Å². The Bertz CT molecular complexity index is 730. The fourth-order valence-electron chi connectivity index (χ4n) is 3.92. The standard InChI is InChI=1S/C18H22N2O2/c1-19-12-13(14-5-2-3-6-15(14)19)11-17(21)20-10-4-7-16(20)18(22)8-9-18/h2-3,5-6,12,16,22H,4,7-11H2,1H3. The van der Waals surface area contributed by atoms with Crippen LogP contribution in [0.2, 0.25) is 0 Å². The van der Waals surface area contributed by atoms with Gasteiger partial charge in [-0.15, -0.1) is 0 Å². The lowest BCUT2D eigenvalue weighted by molar-refractivity contribution is -0.134. The van der Waals surface area contributed by atoms with E-state index in [1.165, 1.54) is 0 Å². The van der Waals surface area contributed by atoms with E-state index in [4.69, 9.17) is 0 Å². The minimum atomic E-state index is -0.592. The number of amides is 1. The van der Waals surface area contributed by atoms with Crippen LogP contribution in [-0.4, -0.2) is 38.7 Å². The van der Waals surface area contributed by atoms with Gasteiger partial charge >= 0.3 is 0 Å². The third kappa shape index (κ3) is 2.13. The van der Waals surface area contributed by atoms with Crippen LogP contribution in [0.3, 0.4) is 0 Å². The van der Waals surface area contributed by atoms with Crippen LogP contribution in [0.5, 0.6) is 0 Å². The number of nitrogens with zero attached hydrogens (tertiary/aromatic N) is 2. The monoisotopic (exact) mass is 298 g/mol. The van der Waals surface area contributed by atoms with Gasteiger partial charge in [-0.25, -0.2) is 0 Å². The molecule has 1 unspecified atom stereocenters. The molecule has 1 amide bonds. The van der Waals surface area contributed by atoms with Gasteiger partial charge in [-0.2, -0.15) is 0 Å².